The van der Waals surface area contributed by atoms with Gasteiger partial charge in [0, 0.05) is 0 Å². The zero-order chi connectivity index (χ0) is 9.40. The van der Waals surface area contributed by atoms with Crippen LogP contribution in [0.5, 0.6) is 0 Å². The number of hydrogen-bond donors (Lipinski definition) is 2. The highest BCUT2D eigenvalue weighted by Crippen LogP contribution is 1.93. The summed E-state index contributed by atoms with van der Waals surface area (Å²) in [6.45, 7) is 4.49. The monoisotopic (exact) mass is 172 g/mol. The summed E-state index contributed by atoms with van der Waals surface area (Å²) >= 11 is 0. The first kappa shape index (κ1) is 11.6. The number of hydrogen-bond acceptors (Lipinski definition) is 3. The van der Waals surface area contributed by atoms with Gasteiger partial charge in [0.05, 0.1) is 6.10 Å². The lowest BCUT2D eigenvalue weighted by molar-refractivity contribution is 0.169. The van der Waals surface area contributed by atoms with Gasteiger partial charge in [0.15, 0.2) is 0 Å². The van der Waals surface area contributed by atoms with Gasteiger partial charge in [0.1, 0.15) is 6.04 Å². The fourth-order valence-corrected chi connectivity index (χ4v) is 0.943. The topological polar surface area (TPSA) is 49.3 Å². The molecule has 0 aromatic carbocycles. The molecule has 2 atom stereocenters. The van der Waals surface area contributed by atoms with Gasteiger partial charge in [-0.1, -0.05) is 19.8 Å². The van der Waals surface area contributed by atoms with Crippen molar-refractivity contribution in [1.82, 2.24) is 5.32 Å². The second-order valence-electron chi connectivity index (χ2n) is 3.00. The van der Waals surface area contributed by atoms with Crippen LogP contribution in [0.3, 0.4) is 0 Å². The van der Waals surface area contributed by atoms with Crippen LogP contribution in [-0.4, -0.2) is 30.1 Å². The summed E-state index contributed by atoms with van der Waals surface area (Å²) in [4.78, 5) is 10.3. The maximum atomic E-state index is 10.3. The summed E-state index contributed by atoms with van der Waals surface area (Å²) in [5.74, 6) is 0. The Morgan fingerprint density at radius 2 is 2.17 bits per heavy atom. The van der Waals surface area contributed by atoms with Crippen molar-refractivity contribution in [3.8, 4) is 0 Å². The predicted molar refractivity (Wildman–Crippen MR) is 48.7 cm³/mol. The van der Waals surface area contributed by atoms with Gasteiger partial charge in [-0.2, -0.15) is 0 Å². The lowest BCUT2D eigenvalue weighted by Gasteiger charge is -2.13. The van der Waals surface area contributed by atoms with E-state index in [-0.39, 0.29) is 0 Å². The minimum absolute atomic E-state index is 0.526. The van der Waals surface area contributed by atoms with E-state index in [1.807, 2.05) is 0 Å². The molecule has 1 unspecified atom stereocenters. The summed E-state index contributed by atoms with van der Waals surface area (Å²) < 4.78 is 0. The van der Waals surface area contributed by atoms with E-state index < -0.39 is 12.1 Å². The molecule has 0 aliphatic rings. The van der Waals surface area contributed by atoms with E-state index in [1.165, 1.54) is 0 Å². The van der Waals surface area contributed by atoms with Crippen molar-refractivity contribution < 1.29 is 9.90 Å². The van der Waals surface area contributed by atoms with Gasteiger partial charge in [-0.25, -0.2) is 0 Å². The van der Waals surface area contributed by atoms with Gasteiger partial charge in [-0.15, -0.1) is 0 Å². The van der Waals surface area contributed by atoms with Crippen molar-refractivity contribution in [3.05, 3.63) is 0 Å². The smallest absolute Gasteiger partial charge is 0.219 e. The summed E-state index contributed by atoms with van der Waals surface area (Å²) in [6, 6.07) is -0.526. The van der Waals surface area contributed by atoms with Crippen LogP contribution in [0.1, 0.15) is 33.1 Å². The number of aliphatic hydroxyl groups excluding tert-OH is 1. The number of carbonyl (C=O) groups excluding carboxylic acids is 1. The van der Waals surface area contributed by atoms with E-state index >= 15 is 0 Å². The summed E-state index contributed by atoms with van der Waals surface area (Å²) in [5.41, 5.74) is 0. The molecule has 0 heterocycles. The van der Waals surface area contributed by atoms with Crippen LogP contribution in [0.4, 0.5) is 0 Å². The van der Waals surface area contributed by atoms with Crippen LogP contribution >= 0.6 is 0 Å². The van der Waals surface area contributed by atoms with Gasteiger partial charge in [0.2, 0.25) is 6.29 Å². The Bertz CT molecular complexity index is 115. The highest BCUT2D eigenvalue weighted by atomic mass is 16.3. The summed E-state index contributed by atoms with van der Waals surface area (Å²) in [5, 5.41) is 12.0. The maximum absolute atomic E-state index is 10.3. The van der Waals surface area contributed by atoms with E-state index in [0.29, 0.717) is 0 Å². The van der Waals surface area contributed by atoms with Crippen LogP contribution in [0.2, 0.25) is 0 Å². The van der Waals surface area contributed by atoms with Gasteiger partial charge < -0.3 is 10.4 Å². The molecule has 0 aliphatic carbocycles. The van der Waals surface area contributed by atoms with E-state index in [4.69, 9.17) is 5.11 Å². The molecule has 0 aliphatic heterocycles. The minimum Gasteiger partial charge on any atom is -0.391 e. The number of rotatable bonds is 7. The largest absolute Gasteiger partial charge is 0.391 e. The second kappa shape index (κ2) is 7.25. The molecular formula is C9H18NO2. The Kier molecular flexibility index (Phi) is 7.00. The van der Waals surface area contributed by atoms with Gasteiger partial charge in [-0.05, 0) is 19.9 Å². The van der Waals surface area contributed by atoms with Crippen LogP contribution in [0.15, 0.2) is 0 Å². The van der Waals surface area contributed by atoms with Crippen LogP contribution in [0, 0.1) is 0 Å². The van der Waals surface area contributed by atoms with E-state index in [2.05, 4.69) is 12.2 Å². The van der Waals surface area contributed by atoms with Crippen molar-refractivity contribution >= 4 is 6.29 Å². The van der Waals surface area contributed by atoms with Crippen molar-refractivity contribution in [2.75, 3.05) is 6.54 Å². The molecule has 0 fully saturated rings. The minimum atomic E-state index is -0.649. The Labute approximate surface area is 74.2 Å². The third-order valence-electron chi connectivity index (χ3n) is 1.75. The molecule has 0 spiro atoms. The lowest BCUT2D eigenvalue weighted by Crippen LogP contribution is -2.40. The van der Waals surface area contributed by atoms with Crippen molar-refractivity contribution in [1.29, 1.82) is 0 Å². The standard InChI is InChI=1S/C9H18NO2/c1-3-4-5-6-10-9(7-11)8(2)12/h8-10,12H,3-6H2,1-2H3/t8?,9-/m1/s1. The van der Waals surface area contributed by atoms with Crippen LogP contribution in [0.25, 0.3) is 0 Å². The SMILES string of the molecule is CCCCCN[C@H]([C]=O)C(C)O. The molecule has 12 heavy (non-hydrogen) atoms. The summed E-state index contributed by atoms with van der Waals surface area (Å²) in [6.07, 6.45) is 4.47. The summed E-state index contributed by atoms with van der Waals surface area (Å²) in [7, 11) is 0. The molecule has 0 aromatic rings. The zero-order valence-electron chi connectivity index (χ0n) is 7.84. The molecule has 2 N–H and O–H groups in total. The Morgan fingerprint density at radius 3 is 2.58 bits per heavy atom. The van der Waals surface area contributed by atoms with Crippen LogP contribution in [-0.2, 0) is 4.79 Å². The second-order valence-corrected chi connectivity index (χ2v) is 3.00. The molecule has 1 radical (unpaired) electrons. The Hall–Kier alpha value is -0.410. The van der Waals surface area contributed by atoms with E-state index in [9.17, 15) is 4.79 Å². The van der Waals surface area contributed by atoms with Crippen molar-refractivity contribution in [3.63, 3.8) is 0 Å². The van der Waals surface area contributed by atoms with Crippen molar-refractivity contribution in [2.45, 2.75) is 45.3 Å². The third-order valence-corrected chi connectivity index (χ3v) is 1.75. The average molecular weight is 172 g/mol. The molecule has 0 saturated carbocycles. The van der Waals surface area contributed by atoms with E-state index in [1.54, 1.807) is 13.2 Å². The molecular weight excluding hydrogens is 154 g/mol. The molecule has 71 valence electrons. The fraction of sp³-hybridized carbons (Fsp3) is 0.889. The maximum Gasteiger partial charge on any atom is 0.219 e. The quantitative estimate of drug-likeness (QED) is 0.554. The first-order chi connectivity index (χ1) is 5.72. The number of aliphatic hydroxyl groups is 1. The molecule has 3 nitrogen and oxygen atoms in total. The third kappa shape index (κ3) is 5.27. The lowest BCUT2D eigenvalue weighted by atomic mass is 10.2. The normalized spacial score (nSPS) is 15.6. The molecule has 3 heteroatoms. The number of unbranched alkanes of at least 4 members (excludes halogenated alkanes) is 2. The molecule has 0 aromatic heterocycles. The fourth-order valence-electron chi connectivity index (χ4n) is 0.943. The highest BCUT2D eigenvalue weighted by molar-refractivity contribution is 5.59. The number of nitrogens with one attached hydrogen (secondary N) is 1. The molecule has 0 saturated heterocycles. The van der Waals surface area contributed by atoms with Gasteiger partial charge in [0.25, 0.3) is 0 Å². The first-order valence-corrected chi connectivity index (χ1v) is 4.51. The van der Waals surface area contributed by atoms with E-state index in [0.717, 1.165) is 25.8 Å². The average Bonchev–Trinajstić information content (AvgIpc) is 2.04. The van der Waals surface area contributed by atoms with Gasteiger partial charge >= 0.3 is 0 Å². The molecule has 0 amide bonds. The van der Waals surface area contributed by atoms with Gasteiger partial charge in [-0.3, -0.25) is 4.79 Å². The molecule has 0 bridgehead atoms. The Balaban J connectivity index is 3.38. The van der Waals surface area contributed by atoms with Crippen LogP contribution < -0.4 is 5.32 Å². The first-order valence-electron chi connectivity index (χ1n) is 4.51. The highest BCUT2D eigenvalue weighted by Gasteiger charge is 2.12. The zero-order valence-corrected chi connectivity index (χ0v) is 7.84. The van der Waals surface area contributed by atoms with Crippen molar-refractivity contribution in [2.24, 2.45) is 0 Å². The predicted octanol–water partition coefficient (Wildman–Crippen LogP) is 0.625. The Morgan fingerprint density at radius 1 is 1.50 bits per heavy atom. The molecule has 0 rings (SSSR count).